The molecule has 3 rings (SSSR count). The lowest BCUT2D eigenvalue weighted by molar-refractivity contribution is 0.119. The van der Waals surface area contributed by atoms with E-state index in [1.807, 2.05) is 6.08 Å². The second-order valence-corrected chi connectivity index (χ2v) is 8.28. The van der Waals surface area contributed by atoms with Crippen molar-refractivity contribution in [2.75, 3.05) is 18.8 Å². The maximum Gasteiger partial charge on any atom is 0.511 e. The van der Waals surface area contributed by atoms with Crippen LogP contribution < -0.4 is 0 Å². The first kappa shape index (κ1) is 22.0. The van der Waals surface area contributed by atoms with Crippen LogP contribution in [0.2, 0.25) is 0 Å². The van der Waals surface area contributed by atoms with E-state index in [1.165, 1.54) is 23.3 Å². The van der Waals surface area contributed by atoms with E-state index in [2.05, 4.69) is 36.1 Å². The Balaban J connectivity index is 1.61. The Morgan fingerprint density at radius 3 is 2.47 bits per heavy atom. The zero-order valence-corrected chi connectivity index (χ0v) is 17.8. The highest BCUT2D eigenvalue weighted by Crippen LogP contribution is 2.30. The summed E-state index contributed by atoms with van der Waals surface area (Å²) in [5.74, 6) is 0.963. The molecule has 0 radical (unpaired) electrons. The predicted octanol–water partition coefficient (Wildman–Crippen LogP) is 5.78. The molecular formula is C24H26FNO3S. The smallest absolute Gasteiger partial charge is 0.449 e. The van der Waals surface area contributed by atoms with Gasteiger partial charge in [-0.15, -0.1) is 11.8 Å². The molecule has 2 aromatic rings. The average molecular weight is 428 g/mol. The molecule has 0 fully saturated rings. The zero-order chi connectivity index (χ0) is 21.3. The predicted molar refractivity (Wildman–Crippen MR) is 119 cm³/mol. The number of carbonyl (C=O) groups is 1. The van der Waals surface area contributed by atoms with E-state index in [0.29, 0.717) is 5.76 Å². The Morgan fingerprint density at radius 1 is 1.10 bits per heavy atom. The van der Waals surface area contributed by atoms with Crippen LogP contribution in [0.3, 0.4) is 0 Å². The summed E-state index contributed by atoms with van der Waals surface area (Å²) in [5.41, 5.74) is 3.57. The summed E-state index contributed by atoms with van der Waals surface area (Å²) in [7, 11) is 0. The summed E-state index contributed by atoms with van der Waals surface area (Å²) in [5, 5.41) is 9.95. The highest BCUT2D eigenvalue weighted by atomic mass is 32.2. The first-order chi connectivity index (χ1) is 14.5. The van der Waals surface area contributed by atoms with Gasteiger partial charge in [-0.25, -0.2) is 9.18 Å². The molecule has 0 spiro atoms. The zero-order valence-electron chi connectivity index (χ0n) is 17.0. The molecule has 1 heterocycles. The average Bonchev–Trinajstić information content (AvgIpc) is 2.73. The van der Waals surface area contributed by atoms with Crippen LogP contribution in [0.4, 0.5) is 9.18 Å². The van der Waals surface area contributed by atoms with E-state index in [4.69, 9.17) is 9.84 Å². The van der Waals surface area contributed by atoms with Crippen molar-refractivity contribution in [2.45, 2.75) is 26.2 Å². The van der Waals surface area contributed by atoms with Crippen LogP contribution in [0.1, 0.15) is 23.1 Å². The SMILES string of the molecule is Cc1ccc(CCN2CC=CC(OC(=O)O)=C2SCCCc2ccc(F)cc2)cc1. The molecule has 6 heteroatoms. The van der Waals surface area contributed by atoms with E-state index >= 15 is 0 Å². The van der Waals surface area contributed by atoms with Gasteiger partial charge in [-0.3, -0.25) is 0 Å². The molecule has 0 saturated carbocycles. The van der Waals surface area contributed by atoms with Gasteiger partial charge >= 0.3 is 6.16 Å². The van der Waals surface area contributed by atoms with Gasteiger partial charge < -0.3 is 14.7 Å². The maximum atomic E-state index is 13.0. The van der Waals surface area contributed by atoms with Crippen LogP contribution in [0.5, 0.6) is 0 Å². The molecule has 30 heavy (non-hydrogen) atoms. The van der Waals surface area contributed by atoms with Gasteiger partial charge in [-0.1, -0.05) is 48.0 Å². The number of nitrogens with zero attached hydrogens (tertiary/aromatic N) is 1. The number of halogens is 1. The van der Waals surface area contributed by atoms with Crippen LogP contribution >= 0.6 is 11.8 Å². The van der Waals surface area contributed by atoms with E-state index in [-0.39, 0.29) is 5.82 Å². The van der Waals surface area contributed by atoms with Gasteiger partial charge in [-0.2, -0.15) is 0 Å². The van der Waals surface area contributed by atoms with Crippen molar-refractivity contribution in [3.8, 4) is 0 Å². The van der Waals surface area contributed by atoms with Gasteiger partial charge in [0.05, 0.1) is 0 Å². The molecule has 158 valence electrons. The van der Waals surface area contributed by atoms with Crippen molar-refractivity contribution in [3.05, 3.63) is 94.0 Å². The molecule has 2 aromatic carbocycles. The van der Waals surface area contributed by atoms with Gasteiger partial charge in [0, 0.05) is 13.1 Å². The lowest BCUT2D eigenvalue weighted by Crippen LogP contribution is -2.28. The summed E-state index contributed by atoms with van der Waals surface area (Å²) >= 11 is 1.61. The van der Waals surface area contributed by atoms with E-state index in [0.717, 1.165) is 48.7 Å². The van der Waals surface area contributed by atoms with Crippen LogP contribution in [-0.2, 0) is 17.6 Å². The summed E-state index contributed by atoms with van der Waals surface area (Å²) in [6, 6.07) is 15.0. The number of rotatable bonds is 9. The standard InChI is InChI=1S/C24H26FNO3S/c1-18-6-8-20(9-7-18)14-16-26-15-2-5-22(29-24(27)28)23(26)30-17-3-4-19-10-12-21(25)13-11-19/h2,5-13H,3-4,14-17H2,1H3,(H,27,28). The molecule has 0 saturated heterocycles. The Labute approximate surface area is 181 Å². The van der Waals surface area contributed by atoms with Gasteiger partial charge in [0.25, 0.3) is 0 Å². The summed E-state index contributed by atoms with van der Waals surface area (Å²) < 4.78 is 18.1. The topological polar surface area (TPSA) is 49.8 Å². The quantitative estimate of drug-likeness (QED) is 0.406. The molecule has 0 bridgehead atoms. The Bertz CT molecular complexity index is 907. The molecule has 0 unspecified atom stereocenters. The van der Waals surface area contributed by atoms with Crippen molar-refractivity contribution in [3.63, 3.8) is 0 Å². The number of thioether (sulfide) groups is 1. The number of benzene rings is 2. The second kappa shape index (κ2) is 10.9. The van der Waals surface area contributed by atoms with Gasteiger partial charge in [0.2, 0.25) is 0 Å². The van der Waals surface area contributed by atoms with Gasteiger partial charge in [0.15, 0.2) is 5.76 Å². The monoisotopic (exact) mass is 427 g/mol. The Hall–Kier alpha value is -2.73. The molecular weight excluding hydrogens is 401 g/mol. The molecule has 1 aliphatic rings. The fourth-order valence-corrected chi connectivity index (χ4v) is 4.32. The molecule has 1 N–H and O–H groups in total. The van der Waals surface area contributed by atoms with E-state index < -0.39 is 6.16 Å². The third kappa shape index (κ3) is 6.66. The van der Waals surface area contributed by atoms with Crippen molar-refractivity contribution in [1.29, 1.82) is 0 Å². The first-order valence-electron chi connectivity index (χ1n) is 10.0. The normalized spacial score (nSPS) is 13.6. The fourth-order valence-electron chi connectivity index (χ4n) is 3.24. The molecule has 1 aliphatic heterocycles. The third-order valence-corrected chi connectivity index (χ3v) is 6.07. The maximum absolute atomic E-state index is 13.0. The summed E-state index contributed by atoms with van der Waals surface area (Å²) in [6.45, 7) is 3.57. The Kier molecular flexibility index (Phi) is 7.97. The van der Waals surface area contributed by atoms with Crippen LogP contribution in [0.25, 0.3) is 0 Å². The van der Waals surface area contributed by atoms with Gasteiger partial charge in [0.1, 0.15) is 10.8 Å². The number of allylic oxidation sites excluding steroid dienone is 1. The number of ether oxygens (including phenoxy) is 1. The minimum Gasteiger partial charge on any atom is -0.449 e. The minimum atomic E-state index is -1.31. The highest BCUT2D eigenvalue weighted by Gasteiger charge is 2.20. The van der Waals surface area contributed by atoms with Crippen LogP contribution in [-0.4, -0.2) is 35.0 Å². The fraction of sp³-hybridized carbons (Fsp3) is 0.292. The summed E-state index contributed by atoms with van der Waals surface area (Å²) in [4.78, 5) is 13.3. The second-order valence-electron chi connectivity index (χ2n) is 7.20. The van der Waals surface area contributed by atoms with Crippen molar-refractivity contribution in [1.82, 2.24) is 4.90 Å². The molecule has 4 nitrogen and oxygen atoms in total. The Morgan fingerprint density at radius 2 is 1.77 bits per heavy atom. The largest absolute Gasteiger partial charge is 0.511 e. The van der Waals surface area contributed by atoms with Crippen LogP contribution in [0.15, 0.2) is 71.5 Å². The third-order valence-electron chi connectivity index (χ3n) is 4.84. The lowest BCUT2D eigenvalue weighted by atomic mass is 10.1. The number of hydrogen-bond acceptors (Lipinski definition) is 4. The van der Waals surface area contributed by atoms with Gasteiger partial charge in [-0.05, 0) is 61.3 Å². The van der Waals surface area contributed by atoms with Crippen molar-refractivity contribution >= 4 is 17.9 Å². The number of carboxylic acid groups (broad SMARTS) is 1. The number of hydrogen-bond donors (Lipinski definition) is 1. The van der Waals surface area contributed by atoms with E-state index in [1.54, 1.807) is 30.0 Å². The van der Waals surface area contributed by atoms with Crippen molar-refractivity contribution < 1.29 is 19.0 Å². The lowest BCUT2D eigenvalue weighted by Gasteiger charge is -2.29. The molecule has 0 amide bonds. The minimum absolute atomic E-state index is 0.230. The van der Waals surface area contributed by atoms with Crippen molar-refractivity contribution in [2.24, 2.45) is 0 Å². The molecule has 0 atom stereocenters. The summed E-state index contributed by atoms with van der Waals surface area (Å²) in [6.07, 6.45) is 4.97. The van der Waals surface area contributed by atoms with E-state index in [9.17, 15) is 9.18 Å². The highest BCUT2D eigenvalue weighted by molar-refractivity contribution is 8.03. The van der Waals surface area contributed by atoms with Crippen LogP contribution in [0, 0.1) is 12.7 Å². The number of aryl methyl sites for hydroxylation is 2. The molecule has 0 aromatic heterocycles. The first-order valence-corrected chi connectivity index (χ1v) is 11.0. The molecule has 0 aliphatic carbocycles.